The molecule has 0 aliphatic heterocycles. The number of carbonyl (C=O) groups excluding carboxylic acids is 2. The van der Waals surface area contributed by atoms with Gasteiger partial charge < -0.3 is 15.2 Å². The number of hydrogen-bond donors (Lipinski definition) is 2. The van der Waals surface area contributed by atoms with E-state index in [1.165, 1.54) is 109 Å². The number of carbonyl (C=O) groups is 3. The molecule has 2 N–H and O–H groups in total. The molecule has 54 heavy (non-hydrogen) atoms. The number of unbranched alkanes of at least 4 members (excludes halogenated alkanes) is 22. The number of allylic oxidation sites excluding steroid dienone is 8. The molecule has 1 atom stereocenters. The van der Waals surface area contributed by atoms with E-state index in [-0.39, 0.29) is 24.5 Å². The number of carboxylic acid groups (broad SMARTS) is 1. The van der Waals surface area contributed by atoms with Gasteiger partial charge in [-0.1, -0.05) is 165 Å². The van der Waals surface area contributed by atoms with E-state index in [0.29, 0.717) is 12.8 Å². The maximum absolute atomic E-state index is 12.8. The molecule has 0 radical (unpaired) electrons. The summed E-state index contributed by atoms with van der Waals surface area (Å²) in [6.07, 6.45) is 55.2. The fourth-order valence-electron chi connectivity index (χ4n) is 6.58. The zero-order valence-corrected chi connectivity index (χ0v) is 35.3. The van der Waals surface area contributed by atoms with Crippen molar-refractivity contribution in [2.75, 3.05) is 6.54 Å². The number of carboxylic acids is 1. The van der Waals surface area contributed by atoms with Crippen LogP contribution in [0.4, 0.5) is 0 Å². The van der Waals surface area contributed by atoms with E-state index >= 15 is 0 Å². The van der Waals surface area contributed by atoms with Gasteiger partial charge in [0.2, 0.25) is 5.91 Å². The molecule has 0 aromatic rings. The Bertz CT molecular complexity index is 968. The second kappa shape index (κ2) is 43.1. The van der Waals surface area contributed by atoms with Gasteiger partial charge in [0.15, 0.2) is 0 Å². The van der Waals surface area contributed by atoms with Crippen LogP contribution in [-0.4, -0.2) is 35.6 Å². The fraction of sp³-hybridized carbons (Fsp3) is 0.771. The maximum Gasteiger partial charge on any atom is 0.322 e. The number of rotatable bonds is 41. The first-order valence-electron chi connectivity index (χ1n) is 22.8. The molecule has 0 aromatic carbocycles. The van der Waals surface area contributed by atoms with Gasteiger partial charge in [-0.25, -0.2) is 0 Å². The van der Waals surface area contributed by atoms with E-state index in [4.69, 9.17) is 9.84 Å². The summed E-state index contributed by atoms with van der Waals surface area (Å²) in [6, 6.07) is 0. The van der Waals surface area contributed by atoms with Crippen molar-refractivity contribution in [3.8, 4) is 0 Å². The van der Waals surface area contributed by atoms with E-state index in [1.807, 2.05) is 0 Å². The monoisotopic (exact) mass is 756 g/mol. The summed E-state index contributed by atoms with van der Waals surface area (Å²) in [4.78, 5) is 35.0. The van der Waals surface area contributed by atoms with Crippen molar-refractivity contribution >= 4 is 17.8 Å². The predicted octanol–water partition coefficient (Wildman–Crippen LogP) is 14.2. The van der Waals surface area contributed by atoms with Gasteiger partial charge in [0.1, 0.15) is 12.6 Å². The van der Waals surface area contributed by atoms with Gasteiger partial charge in [0.25, 0.3) is 0 Å². The first kappa shape index (κ1) is 51.4. The van der Waals surface area contributed by atoms with Crippen LogP contribution >= 0.6 is 0 Å². The third-order valence-electron chi connectivity index (χ3n) is 9.97. The van der Waals surface area contributed by atoms with Gasteiger partial charge in [-0.15, -0.1) is 0 Å². The van der Waals surface area contributed by atoms with E-state index in [1.54, 1.807) is 0 Å². The summed E-state index contributed by atoms with van der Waals surface area (Å²) in [5.74, 6) is -1.26. The smallest absolute Gasteiger partial charge is 0.322 e. The highest BCUT2D eigenvalue weighted by Gasteiger charge is 2.14. The van der Waals surface area contributed by atoms with Crippen molar-refractivity contribution in [3.63, 3.8) is 0 Å². The molecule has 0 saturated heterocycles. The van der Waals surface area contributed by atoms with Crippen molar-refractivity contribution in [1.29, 1.82) is 0 Å². The molecular formula is C48H85NO5. The van der Waals surface area contributed by atoms with E-state index < -0.39 is 5.97 Å². The quantitative estimate of drug-likeness (QED) is 0.0368. The minimum atomic E-state index is -1.02. The summed E-state index contributed by atoms with van der Waals surface area (Å²) in [5.41, 5.74) is 0. The van der Waals surface area contributed by atoms with Crippen LogP contribution in [0.3, 0.4) is 0 Å². The van der Waals surface area contributed by atoms with Crippen molar-refractivity contribution in [1.82, 2.24) is 5.32 Å². The second-order valence-corrected chi connectivity index (χ2v) is 15.3. The molecular weight excluding hydrogens is 671 g/mol. The van der Waals surface area contributed by atoms with E-state index in [2.05, 4.69) is 67.8 Å². The lowest BCUT2D eigenvalue weighted by molar-refractivity contribution is -0.150. The number of esters is 1. The zero-order chi connectivity index (χ0) is 39.4. The highest BCUT2D eigenvalue weighted by Crippen LogP contribution is 2.18. The van der Waals surface area contributed by atoms with E-state index in [0.717, 1.165) is 89.9 Å². The fourth-order valence-corrected chi connectivity index (χ4v) is 6.58. The molecule has 0 heterocycles. The standard InChI is InChI=1S/C48H85NO5/c1-3-5-7-9-11-13-15-16-17-18-19-20-21-22-23-24-26-28-30-35-39-43-48(53)54-45(40-36-32-29-27-25-14-12-10-8-6-4-2)41-37-33-31-34-38-42-46(50)49-44-47(51)52/h15-16,18-19,21-22,27,29,45H,3-14,17,20,23-26,28,30-44H2,1-2H3,(H,49,50)(H,51,52)/b16-15-,19-18-,22-21-,29-27-. The van der Waals surface area contributed by atoms with Gasteiger partial charge in [-0.3, -0.25) is 14.4 Å². The molecule has 6 heteroatoms. The summed E-state index contributed by atoms with van der Waals surface area (Å²) >= 11 is 0. The summed E-state index contributed by atoms with van der Waals surface area (Å²) < 4.78 is 6.01. The SMILES string of the molecule is CCCCCCC/C=C\C/C=C\C/C=C\CCCCCCCCC(=O)OC(CCC/C=C\CCCCCCCC)CCCCCCCC(=O)NCC(=O)O. The highest BCUT2D eigenvalue weighted by molar-refractivity contribution is 5.80. The Hall–Kier alpha value is -2.63. The largest absolute Gasteiger partial charge is 0.480 e. The topological polar surface area (TPSA) is 92.7 Å². The second-order valence-electron chi connectivity index (χ2n) is 15.3. The minimum absolute atomic E-state index is 0.0125. The van der Waals surface area contributed by atoms with Crippen molar-refractivity contribution < 1.29 is 24.2 Å². The summed E-state index contributed by atoms with van der Waals surface area (Å²) in [7, 11) is 0. The van der Waals surface area contributed by atoms with Crippen LogP contribution in [0.15, 0.2) is 48.6 Å². The Morgan fingerprint density at radius 2 is 0.870 bits per heavy atom. The summed E-state index contributed by atoms with van der Waals surface area (Å²) in [5, 5.41) is 11.1. The first-order chi connectivity index (χ1) is 26.5. The molecule has 0 saturated carbocycles. The van der Waals surface area contributed by atoms with Crippen molar-refractivity contribution in [3.05, 3.63) is 48.6 Å². The third-order valence-corrected chi connectivity index (χ3v) is 9.97. The van der Waals surface area contributed by atoms with Gasteiger partial charge in [0, 0.05) is 12.8 Å². The molecule has 0 fully saturated rings. The highest BCUT2D eigenvalue weighted by atomic mass is 16.5. The number of aliphatic carboxylic acids is 1. The summed E-state index contributed by atoms with van der Waals surface area (Å²) in [6.45, 7) is 4.21. The normalized spacial score (nSPS) is 12.5. The minimum Gasteiger partial charge on any atom is -0.480 e. The average Bonchev–Trinajstić information content (AvgIpc) is 3.16. The van der Waals surface area contributed by atoms with Gasteiger partial charge in [-0.2, -0.15) is 0 Å². The van der Waals surface area contributed by atoms with Crippen LogP contribution in [-0.2, 0) is 19.1 Å². The number of nitrogens with one attached hydrogen (secondary N) is 1. The number of ether oxygens (including phenoxy) is 1. The van der Waals surface area contributed by atoms with Crippen LogP contribution < -0.4 is 5.32 Å². The molecule has 6 nitrogen and oxygen atoms in total. The lowest BCUT2D eigenvalue weighted by atomic mass is 10.0. The first-order valence-corrected chi connectivity index (χ1v) is 22.8. The van der Waals surface area contributed by atoms with Gasteiger partial charge >= 0.3 is 11.9 Å². The van der Waals surface area contributed by atoms with Crippen LogP contribution in [0.5, 0.6) is 0 Å². The Morgan fingerprint density at radius 1 is 0.481 bits per heavy atom. The van der Waals surface area contributed by atoms with Gasteiger partial charge in [0.05, 0.1) is 0 Å². The molecule has 0 rings (SSSR count). The van der Waals surface area contributed by atoms with Crippen LogP contribution in [0.25, 0.3) is 0 Å². The molecule has 0 aliphatic rings. The third kappa shape index (κ3) is 42.1. The Balaban J connectivity index is 4.15. The molecule has 1 amide bonds. The van der Waals surface area contributed by atoms with E-state index in [9.17, 15) is 14.4 Å². The lowest BCUT2D eigenvalue weighted by Crippen LogP contribution is -2.28. The van der Waals surface area contributed by atoms with Crippen molar-refractivity contribution in [2.45, 2.75) is 232 Å². The number of hydrogen-bond acceptors (Lipinski definition) is 4. The molecule has 0 aliphatic carbocycles. The number of amides is 1. The van der Waals surface area contributed by atoms with Gasteiger partial charge in [-0.05, 0) is 96.3 Å². The Kier molecular flexibility index (Phi) is 41.0. The maximum atomic E-state index is 12.8. The molecule has 0 aromatic heterocycles. The van der Waals surface area contributed by atoms with Crippen molar-refractivity contribution in [2.24, 2.45) is 0 Å². The molecule has 1 unspecified atom stereocenters. The Labute approximate surface area is 333 Å². The molecule has 0 bridgehead atoms. The Morgan fingerprint density at radius 3 is 1.39 bits per heavy atom. The molecule has 0 spiro atoms. The molecule has 312 valence electrons. The zero-order valence-electron chi connectivity index (χ0n) is 35.3. The van der Waals surface area contributed by atoms with Crippen LogP contribution in [0, 0.1) is 0 Å². The predicted molar refractivity (Wildman–Crippen MR) is 231 cm³/mol. The lowest BCUT2D eigenvalue weighted by Gasteiger charge is -2.18. The average molecular weight is 756 g/mol. The van der Waals surface area contributed by atoms with Crippen LogP contribution in [0.2, 0.25) is 0 Å². The van der Waals surface area contributed by atoms with Crippen LogP contribution in [0.1, 0.15) is 226 Å².